The molecule has 0 bridgehead atoms. The van der Waals surface area contributed by atoms with Crippen molar-refractivity contribution in [1.29, 1.82) is 0 Å². The van der Waals surface area contributed by atoms with E-state index in [2.05, 4.69) is 56.4 Å². The predicted octanol–water partition coefficient (Wildman–Crippen LogP) is 3.82. The number of carbonyl (C=O) groups is 1. The molecule has 108 valence electrons. The van der Waals surface area contributed by atoms with Gasteiger partial charge in [-0.05, 0) is 30.5 Å². The van der Waals surface area contributed by atoms with E-state index in [-0.39, 0.29) is 17.4 Å². The van der Waals surface area contributed by atoms with Crippen molar-refractivity contribution in [3.8, 4) is 0 Å². The lowest BCUT2D eigenvalue weighted by molar-refractivity contribution is -0.119. The summed E-state index contributed by atoms with van der Waals surface area (Å²) in [5, 5.41) is 3.17. The third kappa shape index (κ3) is 2.35. The molecular weight excluding hydrogens is 258 g/mol. The van der Waals surface area contributed by atoms with Gasteiger partial charge in [0.2, 0.25) is 5.91 Å². The lowest BCUT2D eigenvalue weighted by Crippen LogP contribution is -2.31. The van der Waals surface area contributed by atoms with Crippen LogP contribution in [0.2, 0.25) is 0 Å². The quantitative estimate of drug-likeness (QED) is 0.889. The standard InChI is InChI=1S/C19H21NO/c1-13-9-10-14(2)16(11-13)19(3)12-17(21)20-18(19)15-7-5-4-6-8-15/h4-11,18H,12H2,1-3H3,(H,20,21). The van der Waals surface area contributed by atoms with Crippen LogP contribution in [0.25, 0.3) is 0 Å². The second-order valence-electron chi connectivity index (χ2n) is 6.32. The summed E-state index contributed by atoms with van der Waals surface area (Å²) in [6.45, 7) is 6.43. The summed E-state index contributed by atoms with van der Waals surface area (Å²) in [5.41, 5.74) is 4.74. The Kier molecular flexibility index (Phi) is 3.32. The molecule has 0 saturated carbocycles. The van der Waals surface area contributed by atoms with E-state index in [1.165, 1.54) is 22.3 Å². The highest BCUT2D eigenvalue weighted by atomic mass is 16.2. The SMILES string of the molecule is Cc1ccc(C)c(C2(C)CC(=O)NC2c2ccccc2)c1. The van der Waals surface area contributed by atoms with E-state index >= 15 is 0 Å². The minimum absolute atomic E-state index is 0.0340. The van der Waals surface area contributed by atoms with E-state index in [0.717, 1.165) is 0 Å². The molecule has 1 heterocycles. The van der Waals surface area contributed by atoms with E-state index in [0.29, 0.717) is 6.42 Å². The van der Waals surface area contributed by atoms with Crippen molar-refractivity contribution in [3.05, 3.63) is 70.8 Å². The van der Waals surface area contributed by atoms with Crippen LogP contribution in [0.15, 0.2) is 48.5 Å². The zero-order chi connectivity index (χ0) is 15.0. The van der Waals surface area contributed by atoms with E-state index in [1.54, 1.807) is 0 Å². The van der Waals surface area contributed by atoms with Crippen LogP contribution in [0.1, 0.15) is 41.6 Å². The third-order valence-electron chi connectivity index (χ3n) is 4.61. The van der Waals surface area contributed by atoms with Gasteiger partial charge in [-0.3, -0.25) is 4.79 Å². The Morgan fingerprint density at radius 3 is 2.52 bits per heavy atom. The molecule has 2 aromatic rings. The van der Waals surface area contributed by atoms with E-state index in [4.69, 9.17) is 0 Å². The van der Waals surface area contributed by atoms with Gasteiger partial charge >= 0.3 is 0 Å². The van der Waals surface area contributed by atoms with Crippen molar-refractivity contribution in [3.63, 3.8) is 0 Å². The fraction of sp³-hybridized carbons (Fsp3) is 0.316. The average Bonchev–Trinajstić information content (AvgIpc) is 2.78. The monoisotopic (exact) mass is 279 g/mol. The highest BCUT2D eigenvalue weighted by molar-refractivity contribution is 5.82. The van der Waals surface area contributed by atoms with Crippen LogP contribution < -0.4 is 5.32 Å². The molecule has 2 nitrogen and oxygen atoms in total. The maximum atomic E-state index is 12.1. The first-order valence-corrected chi connectivity index (χ1v) is 7.43. The van der Waals surface area contributed by atoms with Gasteiger partial charge in [-0.2, -0.15) is 0 Å². The Labute approximate surface area is 126 Å². The molecule has 1 fully saturated rings. The second-order valence-corrected chi connectivity index (χ2v) is 6.32. The Hall–Kier alpha value is -2.09. The molecule has 2 heteroatoms. The Morgan fingerprint density at radius 2 is 1.81 bits per heavy atom. The summed E-state index contributed by atoms with van der Waals surface area (Å²) in [6, 6.07) is 16.8. The normalized spacial score (nSPS) is 24.9. The molecule has 21 heavy (non-hydrogen) atoms. The third-order valence-corrected chi connectivity index (χ3v) is 4.61. The molecule has 1 amide bonds. The van der Waals surface area contributed by atoms with Gasteiger partial charge in [0, 0.05) is 11.8 Å². The van der Waals surface area contributed by atoms with Gasteiger partial charge in [0.25, 0.3) is 0 Å². The van der Waals surface area contributed by atoms with Gasteiger partial charge in [0.05, 0.1) is 6.04 Å². The molecule has 0 radical (unpaired) electrons. The number of amides is 1. The predicted molar refractivity (Wildman–Crippen MR) is 85.2 cm³/mol. The first-order chi connectivity index (χ1) is 10.0. The second kappa shape index (κ2) is 5.03. The van der Waals surface area contributed by atoms with Crippen LogP contribution in [-0.2, 0) is 10.2 Å². The smallest absolute Gasteiger partial charge is 0.221 e. The highest BCUT2D eigenvalue weighted by Gasteiger charge is 2.45. The van der Waals surface area contributed by atoms with Crippen LogP contribution in [0.5, 0.6) is 0 Å². The van der Waals surface area contributed by atoms with Crippen molar-refractivity contribution in [2.45, 2.75) is 38.6 Å². The Morgan fingerprint density at radius 1 is 1.10 bits per heavy atom. The van der Waals surface area contributed by atoms with Crippen molar-refractivity contribution in [2.24, 2.45) is 0 Å². The maximum absolute atomic E-state index is 12.1. The number of hydrogen-bond acceptors (Lipinski definition) is 1. The number of aryl methyl sites for hydroxylation is 2. The molecule has 2 unspecified atom stereocenters. The van der Waals surface area contributed by atoms with Crippen LogP contribution in [0, 0.1) is 13.8 Å². The minimum Gasteiger partial charge on any atom is -0.348 e. The summed E-state index contributed by atoms with van der Waals surface area (Å²) in [7, 11) is 0. The summed E-state index contributed by atoms with van der Waals surface area (Å²) >= 11 is 0. The number of rotatable bonds is 2. The maximum Gasteiger partial charge on any atom is 0.221 e. The van der Waals surface area contributed by atoms with Gasteiger partial charge in [-0.15, -0.1) is 0 Å². The number of carbonyl (C=O) groups excluding carboxylic acids is 1. The van der Waals surface area contributed by atoms with Crippen LogP contribution >= 0.6 is 0 Å². The largest absolute Gasteiger partial charge is 0.348 e. The number of nitrogens with one attached hydrogen (secondary N) is 1. The minimum atomic E-state index is -0.200. The first kappa shape index (κ1) is 13.9. The number of benzene rings is 2. The van der Waals surface area contributed by atoms with Crippen molar-refractivity contribution >= 4 is 5.91 Å². The Bertz CT molecular complexity index is 677. The molecule has 1 aliphatic heterocycles. The highest BCUT2D eigenvalue weighted by Crippen LogP contribution is 2.45. The molecule has 1 N–H and O–H groups in total. The molecule has 2 atom stereocenters. The van der Waals surface area contributed by atoms with Crippen LogP contribution in [0.3, 0.4) is 0 Å². The zero-order valence-corrected chi connectivity index (χ0v) is 12.8. The Balaban J connectivity index is 2.13. The summed E-state index contributed by atoms with van der Waals surface area (Å²) in [4.78, 5) is 12.1. The molecule has 2 aromatic carbocycles. The van der Waals surface area contributed by atoms with Gasteiger partial charge in [-0.25, -0.2) is 0 Å². The molecule has 0 aromatic heterocycles. The van der Waals surface area contributed by atoms with Crippen molar-refractivity contribution in [1.82, 2.24) is 5.32 Å². The molecule has 0 spiro atoms. The molecule has 1 saturated heterocycles. The van der Waals surface area contributed by atoms with Crippen LogP contribution in [0.4, 0.5) is 0 Å². The molecular formula is C19H21NO. The number of hydrogen-bond donors (Lipinski definition) is 1. The molecule has 1 aliphatic rings. The van der Waals surface area contributed by atoms with Crippen molar-refractivity contribution < 1.29 is 4.79 Å². The van der Waals surface area contributed by atoms with Gasteiger partial charge in [0.1, 0.15) is 0 Å². The lowest BCUT2D eigenvalue weighted by atomic mass is 9.72. The van der Waals surface area contributed by atoms with E-state index < -0.39 is 0 Å². The molecule has 3 rings (SSSR count). The lowest BCUT2D eigenvalue weighted by Gasteiger charge is -2.32. The summed E-state index contributed by atoms with van der Waals surface area (Å²) in [5.74, 6) is 0.132. The topological polar surface area (TPSA) is 29.1 Å². The summed E-state index contributed by atoms with van der Waals surface area (Å²) < 4.78 is 0. The first-order valence-electron chi connectivity index (χ1n) is 7.43. The zero-order valence-electron chi connectivity index (χ0n) is 12.8. The fourth-order valence-electron chi connectivity index (χ4n) is 3.51. The average molecular weight is 279 g/mol. The fourth-order valence-corrected chi connectivity index (χ4v) is 3.51. The van der Waals surface area contributed by atoms with Crippen molar-refractivity contribution in [2.75, 3.05) is 0 Å². The van der Waals surface area contributed by atoms with Gasteiger partial charge in [-0.1, -0.05) is 61.0 Å². The molecule has 0 aliphatic carbocycles. The van der Waals surface area contributed by atoms with E-state index in [9.17, 15) is 4.79 Å². The van der Waals surface area contributed by atoms with Gasteiger partial charge in [0.15, 0.2) is 0 Å². The summed E-state index contributed by atoms with van der Waals surface area (Å²) in [6.07, 6.45) is 0.539. The van der Waals surface area contributed by atoms with Crippen LogP contribution in [-0.4, -0.2) is 5.91 Å². The van der Waals surface area contributed by atoms with Gasteiger partial charge < -0.3 is 5.32 Å². The van der Waals surface area contributed by atoms with E-state index in [1.807, 2.05) is 18.2 Å².